The lowest BCUT2D eigenvalue weighted by atomic mass is 10.0. The number of carbonyl (C=O) groups excluding carboxylic acids is 2. The molecule has 2 heterocycles. The van der Waals surface area contributed by atoms with E-state index in [2.05, 4.69) is 9.84 Å². The van der Waals surface area contributed by atoms with Gasteiger partial charge in [0.15, 0.2) is 0 Å². The Morgan fingerprint density at radius 3 is 3.00 bits per heavy atom. The van der Waals surface area contributed by atoms with Crippen LogP contribution in [0.4, 0.5) is 0 Å². The Morgan fingerprint density at radius 2 is 2.43 bits per heavy atom. The molecule has 0 bridgehead atoms. The zero-order valence-corrected chi connectivity index (χ0v) is 7.55. The average Bonchev–Trinajstić information content (AvgIpc) is 2.72. The van der Waals surface area contributed by atoms with Crippen LogP contribution in [0.25, 0.3) is 0 Å². The third-order valence-corrected chi connectivity index (χ3v) is 2.23. The fourth-order valence-electron chi connectivity index (χ4n) is 1.46. The summed E-state index contributed by atoms with van der Waals surface area (Å²) in [4.78, 5) is 21.8. The molecule has 74 valence electrons. The molecule has 5 nitrogen and oxygen atoms in total. The van der Waals surface area contributed by atoms with Gasteiger partial charge in [-0.2, -0.15) is 5.10 Å². The summed E-state index contributed by atoms with van der Waals surface area (Å²) in [6, 6.07) is 1.82. The van der Waals surface area contributed by atoms with Crippen molar-refractivity contribution >= 4 is 11.9 Å². The molecule has 0 N–H and O–H groups in total. The molecule has 0 saturated carbocycles. The molecule has 5 heteroatoms. The first kappa shape index (κ1) is 8.93. The zero-order chi connectivity index (χ0) is 9.97. The number of esters is 2. The number of rotatable bonds is 3. The van der Waals surface area contributed by atoms with Crippen LogP contribution >= 0.6 is 0 Å². The largest absolute Gasteiger partial charge is 0.393 e. The molecule has 0 aliphatic carbocycles. The molecule has 1 saturated heterocycles. The second-order valence-electron chi connectivity index (χ2n) is 3.25. The molecule has 1 aliphatic heterocycles. The number of hydrogen-bond donors (Lipinski definition) is 0. The van der Waals surface area contributed by atoms with Gasteiger partial charge >= 0.3 is 11.9 Å². The quantitative estimate of drug-likeness (QED) is 0.515. The van der Waals surface area contributed by atoms with Crippen LogP contribution in [0.2, 0.25) is 0 Å². The molecule has 2 rings (SSSR count). The summed E-state index contributed by atoms with van der Waals surface area (Å²) in [5, 5.41) is 4.00. The normalized spacial score (nSPS) is 21.3. The van der Waals surface area contributed by atoms with Gasteiger partial charge in [-0.1, -0.05) is 0 Å². The minimum Gasteiger partial charge on any atom is -0.393 e. The van der Waals surface area contributed by atoms with Crippen LogP contribution in [0.5, 0.6) is 0 Å². The second-order valence-corrected chi connectivity index (χ2v) is 3.25. The number of aromatic nitrogens is 2. The summed E-state index contributed by atoms with van der Waals surface area (Å²) >= 11 is 0. The number of cyclic esters (lactones) is 2. The Kier molecular flexibility index (Phi) is 2.30. The van der Waals surface area contributed by atoms with Gasteiger partial charge in [0, 0.05) is 18.9 Å². The number of ether oxygens (including phenoxy) is 1. The molecule has 1 atom stereocenters. The van der Waals surface area contributed by atoms with Crippen molar-refractivity contribution in [2.75, 3.05) is 0 Å². The predicted molar refractivity (Wildman–Crippen MR) is 46.1 cm³/mol. The maximum Gasteiger partial charge on any atom is 0.317 e. The van der Waals surface area contributed by atoms with Gasteiger partial charge in [-0.25, -0.2) is 0 Å². The molecule has 1 unspecified atom stereocenters. The molecular formula is C9H10N2O3. The zero-order valence-electron chi connectivity index (χ0n) is 7.55. The molecule has 14 heavy (non-hydrogen) atoms. The van der Waals surface area contributed by atoms with Crippen molar-refractivity contribution in [1.29, 1.82) is 0 Å². The van der Waals surface area contributed by atoms with E-state index in [9.17, 15) is 9.59 Å². The molecular weight excluding hydrogens is 184 g/mol. The standard InChI is InChI=1S/C9H10N2O3/c12-8-6-7(9(13)14-8)2-5-11-4-1-3-10-11/h1,3-4,7H,2,5-6H2. The molecule has 1 aliphatic rings. The molecule has 0 spiro atoms. The van der Waals surface area contributed by atoms with Crippen LogP contribution in [0.1, 0.15) is 12.8 Å². The monoisotopic (exact) mass is 194 g/mol. The van der Waals surface area contributed by atoms with E-state index in [4.69, 9.17) is 0 Å². The van der Waals surface area contributed by atoms with Crippen molar-refractivity contribution in [3.8, 4) is 0 Å². The maximum absolute atomic E-state index is 11.1. The van der Waals surface area contributed by atoms with E-state index in [1.54, 1.807) is 10.9 Å². The minimum atomic E-state index is -0.416. The van der Waals surface area contributed by atoms with Crippen LogP contribution < -0.4 is 0 Å². The van der Waals surface area contributed by atoms with Crippen LogP contribution in [0.15, 0.2) is 18.5 Å². The van der Waals surface area contributed by atoms with Gasteiger partial charge in [-0.3, -0.25) is 14.3 Å². The van der Waals surface area contributed by atoms with Gasteiger partial charge in [0.05, 0.1) is 12.3 Å². The van der Waals surface area contributed by atoms with E-state index in [0.29, 0.717) is 13.0 Å². The number of aryl methyl sites for hydroxylation is 1. The molecule has 1 fully saturated rings. The summed E-state index contributed by atoms with van der Waals surface area (Å²) in [5.41, 5.74) is 0. The first-order chi connectivity index (χ1) is 6.75. The highest BCUT2D eigenvalue weighted by Gasteiger charge is 2.32. The lowest BCUT2D eigenvalue weighted by Gasteiger charge is -2.03. The molecule has 0 amide bonds. The Morgan fingerprint density at radius 1 is 1.57 bits per heavy atom. The number of nitrogens with zero attached hydrogens (tertiary/aromatic N) is 2. The van der Waals surface area contributed by atoms with E-state index < -0.39 is 11.9 Å². The van der Waals surface area contributed by atoms with Crippen molar-refractivity contribution in [2.24, 2.45) is 5.92 Å². The minimum absolute atomic E-state index is 0.208. The fraction of sp³-hybridized carbons (Fsp3) is 0.444. The van der Waals surface area contributed by atoms with E-state index >= 15 is 0 Å². The van der Waals surface area contributed by atoms with Gasteiger partial charge in [0.25, 0.3) is 0 Å². The highest BCUT2D eigenvalue weighted by Crippen LogP contribution is 2.19. The number of carbonyl (C=O) groups is 2. The first-order valence-corrected chi connectivity index (χ1v) is 4.47. The summed E-state index contributed by atoms with van der Waals surface area (Å²) in [5.74, 6) is -1.10. The highest BCUT2D eigenvalue weighted by atomic mass is 16.6. The molecule has 0 radical (unpaired) electrons. The van der Waals surface area contributed by atoms with E-state index in [0.717, 1.165) is 0 Å². The Balaban J connectivity index is 1.87. The average molecular weight is 194 g/mol. The van der Waals surface area contributed by atoms with Crippen LogP contribution in [-0.2, 0) is 20.9 Å². The lowest BCUT2D eigenvalue weighted by molar-refractivity contribution is -0.153. The van der Waals surface area contributed by atoms with Crippen molar-refractivity contribution in [3.63, 3.8) is 0 Å². The highest BCUT2D eigenvalue weighted by molar-refractivity contribution is 5.94. The Labute approximate surface area is 80.7 Å². The second kappa shape index (κ2) is 3.61. The van der Waals surface area contributed by atoms with Crippen molar-refractivity contribution < 1.29 is 14.3 Å². The summed E-state index contributed by atoms with van der Waals surface area (Å²) in [6.07, 6.45) is 4.31. The van der Waals surface area contributed by atoms with Gasteiger partial charge < -0.3 is 4.74 Å². The van der Waals surface area contributed by atoms with Crippen LogP contribution in [-0.4, -0.2) is 21.7 Å². The topological polar surface area (TPSA) is 61.2 Å². The van der Waals surface area contributed by atoms with E-state index in [1.165, 1.54) is 0 Å². The fourth-order valence-corrected chi connectivity index (χ4v) is 1.46. The third-order valence-electron chi connectivity index (χ3n) is 2.23. The van der Waals surface area contributed by atoms with Gasteiger partial charge in [0.2, 0.25) is 0 Å². The van der Waals surface area contributed by atoms with Crippen molar-refractivity contribution in [3.05, 3.63) is 18.5 Å². The lowest BCUT2D eigenvalue weighted by Crippen LogP contribution is -2.11. The number of hydrogen-bond acceptors (Lipinski definition) is 4. The first-order valence-electron chi connectivity index (χ1n) is 4.47. The van der Waals surface area contributed by atoms with Gasteiger partial charge in [-0.05, 0) is 12.5 Å². The predicted octanol–water partition coefficient (Wildman–Crippen LogP) is 0.363. The summed E-state index contributed by atoms with van der Waals surface area (Å²) < 4.78 is 6.17. The van der Waals surface area contributed by atoms with E-state index in [1.807, 2.05) is 12.3 Å². The van der Waals surface area contributed by atoms with Crippen LogP contribution in [0, 0.1) is 5.92 Å². The van der Waals surface area contributed by atoms with Crippen LogP contribution in [0.3, 0.4) is 0 Å². The molecule has 0 aromatic carbocycles. The summed E-state index contributed by atoms with van der Waals surface area (Å²) in [7, 11) is 0. The van der Waals surface area contributed by atoms with Gasteiger partial charge in [0.1, 0.15) is 0 Å². The molecule has 1 aromatic heterocycles. The smallest absolute Gasteiger partial charge is 0.317 e. The molecule has 1 aromatic rings. The Bertz CT molecular complexity index is 345. The maximum atomic E-state index is 11.1. The third kappa shape index (κ3) is 1.81. The van der Waals surface area contributed by atoms with Crippen molar-refractivity contribution in [1.82, 2.24) is 9.78 Å². The SMILES string of the molecule is O=C1CC(CCn2cccn2)C(=O)O1. The Hall–Kier alpha value is -1.65. The van der Waals surface area contributed by atoms with Crippen molar-refractivity contribution in [2.45, 2.75) is 19.4 Å². The van der Waals surface area contributed by atoms with Gasteiger partial charge in [-0.15, -0.1) is 0 Å². The summed E-state index contributed by atoms with van der Waals surface area (Å²) in [6.45, 7) is 0.639. The van der Waals surface area contributed by atoms with E-state index in [-0.39, 0.29) is 12.3 Å².